The zero-order valence-corrected chi connectivity index (χ0v) is 15.9. The molecule has 0 aliphatic heterocycles. The lowest BCUT2D eigenvalue weighted by Crippen LogP contribution is -2.12. The Balaban J connectivity index is 1.99. The highest BCUT2D eigenvalue weighted by atomic mass is 16.5. The van der Waals surface area contributed by atoms with Crippen LogP contribution in [0.3, 0.4) is 0 Å². The molecule has 0 fully saturated rings. The van der Waals surface area contributed by atoms with E-state index in [-0.39, 0.29) is 0 Å². The zero-order chi connectivity index (χ0) is 18.7. The number of rotatable bonds is 7. The molecule has 2 heterocycles. The van der Waals surface area contributed by atoms with Gasteiger partial charge in [0.2, 0.25) is 0 Å². The normalized spacial score (nSPS) is 11.1. The molecule has 0 unspecified atom stereocenters. The Morgan fingerprint density at radius 1 is 1.23 bits per heavy atom. The van der Waals surface area contributed by atoms with E-state index in [0.717, 1.165) is 46.0 Å². The molecule has 0 amide bonds. The average molecular weight is 353 g/mol. The molecule has 0 saturated heterocycles. The van der Waals surface area contributed by atoms with Crippen LogP contribution in [0.4, 0.5) is 5.82 Å². The highest BCUT2D eigenvalue weighted by Gasteiger charge is 2.18. The van der Waals surface area contributed by atoms with E-state index >= 15 is 0 Å². The fraction of sp³-hybridized carbons (Fsp3) is 0.368. The van der Waals surface area contributed by atoms with Gasteiger partial charge in [0.25, 0.3) is 0 Å². The molecule has 0 saturated carbocycles. The third kappa shape index (κ3) is 3.48. The molecular weight excluding hydrogens is 328 g/mol. The summed E-state index contributed by atoms with van der Waals surface area (Å²) >= 11 is 0. The summed E-state index contributed by atoms with van der Waals surface area (Å²) in [5.74, 6) is 1.59. The van der Waals surface area contributed by atoms with Gasteiger partial charge in [-0.15, -0.1) is 5.10 Å². The van der Waals surface area contributed by atoms with Crippen LogP contribution in [-0.2, 0) is 0 Å². The molecular formula is C19H25N6O. The van der Waals surface area contributed by atoms with Gasteiger partial charge in [0, 0.05) is 26.7 Å². The summed E-state index contributed by atoms with van der Waals surface area (Å²) in [6.45, 7) is 6.62. The monoisotopic (exact) mass is 353 g/mol. The van der Waals surface area contributed by atoms with Gasteiger partial charge in [0.1, 0.15) is 11.3 Å². The minimum atomic E-state index is 0.627. The van der Waals surface area contributed by atoms with Crippen molar-refractivity contribution in [3.63, 3.8) is 0 Å². The summed E-state index contributed by atoms with van der Waals surface area (Å²) in [4.78, 5) is 1.93. The second kappa shape index (κ2) is 7.70. The Hall–Kier alpha value is -2.67. The predicted octanol–water partition coefficient (Wildman–Crippen LogP) is 2.65. The summed E-state index contributed by atoms with van der Waals surface area (Å²) in [5.41, 5.74) is 3.73. The lowest BCUT2D eigenvalue weighted by Gasteiger charge is -2.10. The minimum absolute atomic E-state index is 0.627. The molecule has 2 aromatic heterocycles. The maximum atomic E-state index is 5.82. The van der Waals surface area contributed by atoms with Crippen molar-refractivity contribution in [1.82, 2.24) is 25.3 Å². The van der Waals surface area contributed by atoms with Gasteiger partial charge in [-0.1, -0.05) is 6.07 Å². The fourth-order valence-electron chi connectivity index (χ4n) is 2.95. The number of hydrogen-bond acceptors (Lipinski definition) is 6. The number of hydrogen-bond donors (Lipinski definition) is 1. The fourth-order valence-corrected chi connectivity index (χ4v) is 2.95. The number of aromatic nitrogens is 4. The van der Waals surface area contributed by atoms with E-state index in [1.807, 2.05) is 68.5 Å². The SMILES string of the molecule is CN[CH]CCOc1cccc(-n2nc3c(N(C)C)nnc(C)c3c2C)c1. The number of nitrogens with zero attached hydrogens (tertiary/aromatic N) is 5. The first-order valence-corrected chi connectivity index (χ1v) is 8.65. The average Bonchev–Trinajstić information content (AvgIpc) is 2.97. The van der Waals surface area contributed by atoms with Crippen molar-refractivity contribution in [3.8, 4) is 11.4 Å². The number of ether oxygens (including phenoxy) is 1. The number of anilines is 1. The molecule has 7 nitrogen and oxygen atoms in total. The van der Waals surface area contributed by atoms with Gasteiger partial charge in [-0.05, 0) is 39.4 Å². The Kier molecular flexibility index (Phi) is 5.37. The first-order chi connectivity index (χ1) is 12.5. The molecule has 0 aliphatic rings. The van der Waals surface area contributed by atoms with Crippen LogP contribution in [0, 0.1) is 20.4 Å². The summed E-state index contributed by atoms with van der Waals surface area (Å²) in [5, 5.41) is 17.4. The van der Waals surface area contributed by atoms with Crippen molar-refractivity contribution in [1.29, 1.82) is 0 Å². The van der Waals surface area contributed by atoms with Gasteiger partial charge in [-0.3, -0.25) is 0 Å². The molecule has 0 spiro atoms. The third-order valence-electron chi connectivity index (χ3n) is 4.21. The highest BCUT2D eigenvalue weighted by Crippen LogP contribution is 2.29. The van der Waals surface area contributed by atoms with Crippen molar-refractivity contribution >= 4 is 16.7 Å². The number of aryl methyl sites for hydroxylation is 2. The minimum Gasteiger partial charge on any atom is -0.493 e. The van der Waals surface area contributed by atoms with Crippen LogP contribution in [-0.4, -0.2) is 47.7 Å². The first-order valence-electron chi connectivity index (χ1n) is 8.65. The molecule has 0 bridgehead atoms. The molecule has 1 aromatic carbocycles. The standard InChI is InChI=1S/C19H25N6O/c1-13-17-14(2)25(23-18(17)19(22-21-13)24(4)5)15-8-6-9-16(12-15)26-11-7-10-20-3/h6,8-10,12,20H,7,11H2,1-5H3. The second-order valence-corrected chi connectivity index (χ2v) is 6.35. The molecule has 1 N–H and O–H groups in total. The van der Waals surface area contributed by atoms with Crippen molar-refractivity contribution < 1.29 is 4.74 Å². The Morgan fingerprint density at radius 3 is 2.77 bits per heavy atom. The molecule has 7 heteroatoms. The lowest BCUT2D eigenvalue weighted by molar-refractivity contribution is 0.318. The number of nitrogens with one attached hydrogen (secondary N) is 1. The summed E-state index contributed by atoms with van der Waals surface area (Å²) in [6.07, 6.45) is 0.841. The third-order valence-corrected chi connectivity index (χ3v) is 4.21. The Bertz CT molecular complexity index is 902. The van der Waals surface area contributed by atoms with Crippen LogP contribution >= 0.6 is 0 Å². The van der Waals surface area contributed by atoms with Gasteiger partial charge in [0.15, 0.2) is 5.82 Å². The van der Waals surface area contributed by atoms with E-state index in [1.54, 1.807) is 0 Å². The maximum Gasteiger partial charge on any atom is 0.179 e. The second-order valence-electron chi connectivity index (χ2n) is 6.35. The van der Waals surface area contributed by atoms with Crippen molar-refractivity contribution in [2.24, 2.45) is 0 Å². The summed E-state index contributed by atoms with van der Waals surface area (Å²) < 4.78 is 7.76. The molecule has 0 aliphatic carbocycles. The van der Waals surface area contributed by atoms with Crippen LogP contribution in [0.5, 0.6) is 5.75 Å². The van der Waals surface area contributed by atoms with Gasteiger partial charge < -0.3 is 15.0 Å². The van der Waals surface area contributed by atoms with Gasteiger partial charge in [0.05, 0.1) is 29.1 Å². The Labute approximate surface area is 154 Å². The van der Waals surface area contributed by atoms with E-state index < -0.39 is 0 Å². The topological polar surface area (TPSA) is 68.1 Å². The largest absolute Gasteiger partial charge is 0.493 e. The molecule has 3 aromatic rings. The highest BCUT2D eigenvalue weighted by molar-refractivity contribution is 5.92. The van der Waals surface area contributed by atoms with Gasteiger partial charge in [-0.2, -0.15) is 10.2 Å². The smallest absolute Gasteiger partial charge is 0.179 e. The Morgan fingerprint density at radius 2 is 2.04 bits per heavy atom. The van der Waals surface area contributed by atoms with E-state index in [1.165, 1.54) is 0 Å². The summed E-state index contributed by atoms with van der Waals surface area (Å²) in [7, 11) is 5.78. The molecule has 1 radical (unpaired) electrons. The molecule has 137 valence electrons. The molecule has 0 atom stereocenters. The first kappa shape index (κ1) is 18.1. The van der Waals surface area contributed by atoms with Crippen LogP contribution in [0.2, 0.25) is 0 Å². The van der Waals surface area contributed by atoms with Gasteiger partial charge >= 0.3 is 0 Å². The van der Waals surface area contributed by atoms with Crippen LogP contribution < -0.4 is 15.0 Å². The van der Waals surface area contributed by atoms with E-state index in [0.29, 0.717) is 6.61 Å². The predicted molar refractivity (Wildman–Crippen MR) is 104 cm³/mol. The quantitative estimate of drug-likeness (QED) is 0.659. The van der Waals surface area contributed by atoms with Crippen LogP contribution in [0.1, 0.15) is 17.8 Å². The van der Waals surface area contributed by atoms with E-state index in [9.17, 15) is 0 Å². The number of fused-ring (bicyclic) bond motifs is 1. The van der Waals surface area contributed by atoms with Crippen LogP contribution in [0.15, 0.2) is 24.3 Å². The van der Waals surface area contributed by atoms with E-state index in [4.69, 9.17) is 9.84 Å². The molecule has 26 heavy (non-hydrogen) atoms. The van der Waals surface area contributed by atoms with E-state index in [2.05, 4.69) is 22.4 Å². The van der Waals surface area contributed by atoms with Gasteiger partial charge in [-0.25, -0.2) is 4.68 Å². The zero-order valence-electron chi connectivity index (χ0n) is 15.9. The van der Waals surface area contributed by atoms with Crippen molar-refractivity contribution in [2.75, 3.05) is 32.6 Å². The van der Waals surface area contributed by atoms with Crippen molar-refractivity contribution in [3.05, 3.63) is 42.2 Å². The van der Waals surface area contributed by atoms with Crippen LogP contribution in [0.25, 0.3) is 16.6 Å². The maximum absolute atomic E-state index is 5.82. The number of benzene rings is 1. The lowest BCUT2D eigenvalue weighted by atomic mass is 10.2. The van der Waals surface area contributed by atoms with Crippen molar-refractivity contribution in [2.45, 2.75) is 20.3 Å². The molecule has 3 rings (SSSR count). The summed E-state index contributed by atoms with van der Waals surface area (Å²) in [6, 6.07) is 7.97.